The van der Waals surface area contributed by atoms with Gasteiger partial charge in [-0.05, 0) is 25.5 Å². The lowest BCUT2D eigenvalue weighted by molar-refractivity contribution is 1.24. The van der Waals surface area contributed by atoms with E-state index in [-0.39, 0.29) is 0 Å². The molecule has 0 aliphatic rings. The van der Waals surface area contributed by atoms with Crippen molar-refractivity contribution in [2.75, 3.05) is 12.1 Å². The van der Waals surface area contributed by atoms with Crippen LogP contribution >= 0.6 is 23.4 Å². The number of thioether (sulfide) groups is 1. The molecule has 0 N–H and O–H groups in total. The van der Waals surface area contributed by atoms with E-state index in [0.717, 1.165) is 18.0 Å². The molecule has 2 nitrogen and oxygen atoms in total. The van der Waals surface area contributed by atoms with Crippen molar-refractivity contribution in [3.63, 3.8) is 0 Å². The normalized spacial score (nSPS) is 13.2. The van der Waals surface area contributed by atoms with Crippen LogP contribution in [-0.2, 0) is 0 Å². The Kier molecular flexibility index (Phi) is 7.20. The second-order valence-corrected chi connectivity index (χ2v) is 3.27. The van der Waals surface area contributed by atoms with E-state index in [1.165, 1.54) is 0 Å². The number of rotatable bonds is 5. The van der Waals surface area contributed by atoms with Crippen molar-refractivity contribution >= 4 is 35.8 Å². The topological polar surface area (TPSA) is 24.7 Å². The zero-order valence-electron chi connectivity index (χ0n) is 7.38. The first kappa shape index (κ1) is 11.7. The van der Waals surface area contributed by atoms with Gasteiger partial charge in [0.25, 0.3) is 0 Å². The van der Waals surface area contributed by atoms with Gasteiger partial charge in [-0.1, -0.05) is 18.5 Å². The maximum absolute atomic E-state index is 5.66. The van der Waals surface area contributed by atoms with Crippen LogP contribution in [-0.4, -0.2) is 24.6 Å². The van der Waals surface area contributed by atoms with Gasteiger partial charge in [-0.15, -0.1) is 11.8 Å². The zero-order valence-corrected chi connectivity index (χ0v) is 8.95. The lowest BCUT2D eigenvalue weighted by atomic mass is 10.3. The monoisotopic (exact) mass is 204 g/mol. The highest BCUT2D eigenvalue weighted by molar-refractivity contribution is 7.98. The first-order valence-electron chi connectivity index (χ1n) is 3.60. The van der Waals surface area contributed by atoms with Gasteiger partial charge in [0.2, 0.25) is 0 Å². The highest BCUT2D eigenvalue weighted by Crippen LogP contribution is 2.04. The van der Waals surface area contributed by atoms with Crippen LogP contribution in [0.5, 0.6) is 0 Å². The van der Waals surface area contributed by atoms with Gasteiger partial charge < -0.3 is 0 Å². The molecule has 0 rings (SSSR count). The summed E-state index contributed by atoms with van der Waals surface area (Å²) >= 11 is 7.34. The molecule has 12 heavy (non-hydrogen) atoms. The van der Waals surface area contributed by atoms with Crippen LogP contribution in [0.2, 0.25) is 0 Å². The molecule has 0 aromatic heterocycles. The van der Waals surface area contributed by atoms with Crippen molar-refractivity contribution in [1.82, 2.24) is 0 Å². The van der Waals surface area contributed by atoms with Crippen LogP contribution in [0.1, 0.15) is 13.3 Å². The summed E-state index contributed by atoms with van der Waals surface area (Å²) in [5.41, 5.74) is 0.960. The van der Waals surface area contributed by atoms with Gasteiger partial charge in [0.1, 0.15) is 5.16 Å². The molecule has 0 saturated heterocycles. The van der Waals surface area contributed by atoms with Crippen LogP contribution in [0.4, 0.5) is 0 Å². The predicted octanol–water partition coefficient (Wildman–Crippen LogP) is 2.94. The van der Waals surface area contributed by atoms with Crippen molar-refractivity contribution < 1.29 is 0 Å². The molecule has 0 aliphatic heterocycles. The molecular formula is C8H13ClN2S. The summed E-state index contributed by atoms with van der Waals surface area (Å²) in [5, 5.41) is 0.400. The van der Waals surface area contributed by atoms with E-state index in [1.54, 1.807) is 17.8 Å². The smallest absolute Gasteiger partial charge is 0.130 e. The van der Waals surface area contributed by atoms with Crippen LogP contribution < -0.4 is 0 Å². The number of hydrogen-bond donors (Lipinski definition) is 0. The summed E-state index contributed by atoms with van der Waals surface area (Å²) in [6.07, 6.45) is 4.62. The Hall–Kier alpha value is -0.280. The van der Waals surface area contributed by atoms with Crippen molar-refractivity contribution in [2.24, 2.45) is 9.98 Å². The SMILES string of the molecule is C=N/C(Cl)=C\C(CC)=NCSC. The maximum Gasteiger partial charge on any atom is 0.130 e. The second kappa shape index (κ2) is 7.37. The van der Waals surface area contributed by atoms with E-state index in [2.05, 4.69) is 16.7 Å². The average Bonchev–Trinajstić information content (AvgIpc) is 2.11. The molecule has 0 spiro atoms. The van der Waals surface area contributed by atoms with Crippen molar-refractivity contribution in [3.8, 4) is 0 Å². The Bertz CT molecular complexity index is 199. The molecule has 4 heteroatoms. The van der Waals surface area contributed by atoms with Gasteiger partial charge in [-0.3, -0.25) is 9.98 Å². The van der Waals surface area contributed by atoms with E-state index in [9.17, 15) is 0 Å². The van der Waals surface area contributed by atoms with E-state index < -0.39 is 0 Å². The summed E-state index contributed by atoms with van der Waals surface area (Å²) in [6.45, 7) is 5.35. The van der Waals surface area contributed by atoms with Crippen molar-refractivity contribution in [2.45, 2.75) is 13.3 Å². The molecule has 0 aromatic carbocycles. The van der Waals surface area contributed by atoms with Crippen LogP contribution in [0.25, 0.3) is 0 Å². The number of halogens is 1. The number of nitrogens with zero attached hydrogens (tertiary/aromatic N) is 2. The molecule has 0 fully saturated rings. The van der Waals surface area contributed by atoms with E-state index in [0.29, 0.717) is 5.16 Å². The number of hydrogen-bond acceptors (Lipinski definition) is 3. The minimum atomic E-state index is 0.400. The maximum atomic E-state index is 5.66. The molecular weight excluding hydrogens is 192 g/mol. The van der Waals surface area contributed by atoms with Crippen LogP contribution in [0, 0.1) is 0 Å². The quantitative estimate of drug-likeness (QED) is 0.499. The van der Waals surface area contributed by atoms with Gasteiger partial charge in [0.15, 0.2) is 0 Å². The Labute approximate surface area is 82.8 Å². The van der Waals surface area contributed by atoms with E-state index in [1.807, 2.05) is 13.2 Å². The Balaban J connectivity index is 4.24. The standard InChI is InChI=1S/C8H13ClN2S/c1-4-7(11-6-12-3)5-8(9)10-2/h5H,2,4,6H2,1,3H3/b8-5-,11-7?. The Morgan fingerprint density at radius 1 is 1.67 bits per heavy atom. The molecule has 0 saturated carbocycles. The third-order valence-corrected chi connectivity index (χ3v) is 1.81. The zero-order chi connectivity index (χ0) is 9.40. The molecule has 0 unspecified atom stereocenters. The summed E-state index contributed by atoms with van der Waals surface area (Å²) in [7, 11) is 0. The number of aliphatic imine (C=N–C) groups is 2. The minimum Gasteiger partial charge on any atom is -0.279 e. The molecule has 0 atom stereocenters. The lowest BCUT2D eigenvalue weighted by Crippen LogP contribution is -1.92. The summed E-state index contributed by atoms with van der Waals surface area (Å²) in [5.74, 6) is 0.765. The van der Waals surface area contributed by atoms with Gasteiger partial charge in [0.05, 0.1) is 5.88 Å². The van der Waals surface area contributed by atoms with Crippen LogP contribution in [0.15, 0.2) is 21.2 Å². The molecule has 68 valence electrons. The van der Waals surface area contributed by atoms with Gasteiger partial charge in [-0.2, -0.15) is 0 Å². The van der Waals surface area contributed by atoms with Gasteiger partial charge in [0, 0.05) is 5.71 Å². The largest absolute Gasteiger partial charge is 0.279 e. The molecule has 0 bridgehead atoms. The van der Waals surface area contributed by atoms with Crippen LogP contribution in [0.3, 0.4) is 0 Å². The van der Waals surface area contributed by atoms with Gasteiger partial charge >= 0.3 is 0 Å². The molecule has 0 aliphatic carbocycles. The minimum absolute atomic E-state index is 0.400. The molecule has 0 radical (unpaired) electrons. The molecule has 0 aromatic rings. The Morgan fingerprint density at radius 3 is 2.75 bits per heavy atom. The third-order valence-electron chi connectivity index (χ3n) is 1.20. The molecule has 0 amide bonds. The van der Waals surface area contributed by atoms with Crippen molar-refractivity contribution in [3.05, 3.63) is 11.2 Å². The van der Waals surface area contributed by atoms with Gasteiger partial charge in [-0.25, -0.2) is 0 Å². The molecule has 0 heterocycles. The van der Waals surface area contributed by atoms with Crippen molar-refractivity contribution in [1.29, 1.82) is 0 Å². The number of allylic oxidation sites excluding steroid dienone is 1. The highest BCUT2D eigenvalue weighted by atomic mass is 35.5. The fraction of sp³-hybridized carbons (Fsp3) is 0.500. The predicted molar refractivity (Wildman–Crippen MR) is 59.6 cm³/mol. The summed E-state index contributed by atoms with van der Waals surface area (Å²) in [6, 6.07) is 0. The fourth-order valence-corrected chi connectivity index (χ4v) is 1.01. The third kappa shape index (κ3) is 5.38. The van der Waals surface area contributed by atoms with E-state index >= 15 is 0 Å². The fourth-order valence-electron chi connectivity index (χ4n) is 0.590. The lowest BCUT2D eigenvalue weighted by Gasteiger charge is -1.96. The summed E-state index contributed by atoms with van der Waals surface area (Å²) < 4.78 is 0. The summed E-state index contributed by atoms with van der Waals surface area (Å²) in [4.78, 5) is 7.85. The average molecular weight is 205 g/mol. The highest BCUT2D eigenvalue weighted by Gasteiger charge is 1.92. The Morgan fingerprint density at radius 2 is 2.33 bits per heavy atom. The van der Waals surface area contributed by atoms with E-state index in [4.69, 9.17) is 11.6 Å². The first-order valence-corrected chi connectivity index (χ1v) is 5.38. The first-order chi connectivity index (χ1) is 5.74. The second-order valence-electron chi connectivity index (χ2n) is 2.05.